The van der Waals surface area contributed by atoms with E-state index in [0.29, 0.717) is 25.2 Å². The average molecular weight is 314 g/mol. The first-order chi connectivity index (χ1) is 10.4. The molecule has 1 aliphatic rings. The van der Waals surface area contributed by atoms with Gasteiger partial charge in [0.2, 0.25) is 0 Å². The van der Waals surface area contributed by atoms with E-state index in [9.17, 15) is 9.90 Å². The lowest BCUT2D eigenvalue weighted by Gasteiger charge is -2.21. The number of rotatable bonds is 11. The fraction of sp³-hybridized carbons (Fsp3) is 0.933. The molecule has 0 bridgehead atoms. The Bertz CT molecular complexity index is 331. The summed E-state index contributed by atoms with van der Waals surface area (Å²) in [7, 11) is -1.29. The molecule has 1 fully saturated rings. The summed E-state index contributed by atoms with van der Waals surface area (Å²) in [5.41, 5.74) is 0. The summed E-state index contributed by atoms with van der Waals surface area (Å²) in [4.78, 5) is 13.7. The monoisotopic (exact) mass is 314 g/mol. The summed E-state index contributed by atoms with van der Waals surface area (Å²) in [6.07, 6.45) is 2.83. The zero-order valence-electron chi connectivity index (χ0n) is 13.9. The lowest BCUT2D eigenvalue weighted by molar-refractivity contribution is -0.142. The Kier molecular flexibility index (Phi) is 9.01. The Hall–Kier alpha value is -0.625. The number of hydrogen-bond acceptors (Lipinski definition) is 5. The molecule has 1 rings (SSSR count). The molecule has 0 aromatic heterocycles. The van der Waals surface area contributed by atoms with Crippen molar-refractivity contribution in [2.45, 2.75) is 39.4 Å². The van der Waals surface area contributed by atoms with E-state index >= 15 is 0 Å². The Balaban J connectivity index is 2.39. The molecule has 0 amide bonds. The van der Waals surface area contributed by atoms with Gasteiger partial charge in [0.1, 0.15) is 0 Å². The Morgan fingerprint density at radius 2 is 2.14 bits per heavy atom. The van der Waals surface area contributed by atoms with E-state index < -0.39 is 13.1 Å². The average Bonchev–Trinajstić information content (AvgIpc) is 2.81. The van der Waals surface area contributed by atoms with Crippen LogP contribution < -0.4 is 5.32 Å². The summed E-state index contributed by atoms with van der Waals surface area (Å²) < 4.78 is 0. The fourth-order valence-corrected chi connectivity index (χ4v) is 3.30. The Labute approximate surface area is 134 Å². The van der Waals surface area contributed by atoms with Crippen molar-refractivity contribution < 1.29 is 19.9 Å². The van der Waals surface area contributed by atoms with E-state index in [1.54, 1.807) is 0 Å². The van der Waals surface area contributed by atoms with Crippen molar-refractivity contribution in [1.29, 1.82) is 0 Å². The van der Waals surface area contributed by atoms with Crippen LogP contribution in [0, 0.1) is 17.8 Å². The quantitative estimate of drug-likeness (QED) is 0.328. The van der Waals surface area contributed by atoms with Crippen molar-refractivity contribution >= 4 is 13.1 Å². The third-order valence-corrected chi connectivity index (χ3v) is 4.50. The normalized spacial score (nSPS) is 23.6. The molecule has 0 radical (unpaired) electrons. The van der Waals surface area contributed by atoms with Gasteiger partial charge >= 0.3 is 13.1 Å². The fourth-order valence-electron chi connectivity index (χ4n) is 3.30. The van der Waals surface area contributed by atoms with Crippen LogP contribution in [0.15, 0.2) is 0 Å². The molecule has 0 spiro atoms. The van der Waals surface area contributed by atoms with Crippen molar-refractivity contribution in [3.05, 3.63) is 0 Å². The molecule has 128 valence electrons. The minimum absolute atomic E-state index is 0.122. The number of hydrogen-bond donors (Lipinski definition) is 4. The third-order valence-electron chi connectivity index (χ3n) is 4.50. The van der Waals surface area contributed by atoms with Gasteiger partial charge in [0.15, 0.2) is 0 Å². The van der Waals surface area contributed by atoms with E-state index in [0.717, 1.165) is 39.0 Å². The van der Waals surface area contributed by atoms with Crippen LogP contribution >= 0.6 is 0 Å². The van der Waals surface area contributed by atoms with Crippen molar-refractivity contribution in [1.82, 2.24) is 10.2 Å². The molecular formula is C15H31BN2O4. The van der Waals surface area contributed by atoms with Crippen LogP contribution in [0.5, 0.6) is 0 Å². The first-order valence-electron chi connectivity index (χ1n) is 8.46. The van der Waals surface area contributed by atoms with Crippen molar-refractivity contribution in [2.75, 3.05) is 32.7 Å². The minimum atomic E-state index is -1.29. The van der Waals surface area contributed by atoms with E-state index in [2.05, 4.69) is 24.1 Å². The molecular weight excluding hydrogens is 283 g/mol. The molecule has 0 saturated carbocycles. The highest BCUT2D eigenvalue weighted by atomic mass is 16.4. The zero-order valence-corrected chi connectivity index (χ0v) is 13.9. The number of nitrogens with zero attached hydrogens (tertiary/aromatic N) is 1. The maximum Gasteiger partial charge on any atom is 0.451 e. The van der Waals surface area contributed by atoms with Crippen LogP contribution in [0.25, 0.3) is 0 Å². The third kappa shape index (κ3) is 7.09. The highest BCUT2D eigenvalue weighted by Crippen LogP contribution is 2.29. The molecule has 4 N–H and O–H groups in total. The van der Waals surface area contributed by atoms with Gasteiger partial charge in [0.25, 0.3) is 0 Å². The van der Waals surface area contributed by atoms with Crippen molar-refractivity contribution in [3.63, 3.8) is 0 Å². The van der Waals surface area contributed by atoms with Crippen LogP contribution in [0.1, 0.15) is 33.1 Å². The highest BCUT2D eigenvalue weighted by Gasteiger charge is 2.37. The van der Waals surface area contributed by atoms with E-state index in [1.165, 1.54) is 0 Å². The zero-order chi connectivity index (χ0) is 16.5. The largest absolute Gasteiger partial charge is 0.481 e. The van der Waals surface area contributed by atoms with Gasteiger partial charge in [0.05, 0.1) is 5.92 Å². The van der Waals surface area contributed by atoms with E-state index in [4.69, 9.17) is 10.0 Å². The van der Waals surface area contributed by atoms with Gasteiger partial charge in [-0.25, -0.2) is 0 Å². The molecule has 3 unspecified atom stereocenters. The summed E-state index contributed by atoms with van der Waals surface area (Å²) in [5.74, 6) is -0.377. The van der Waals surface area contributed by atoms with Gasteiger partial charge in [0, 0.05) is 19.6 Å². The summed E-state index contributed by atoms with van der Waals surface area (Å²) >= 11 is 0. The maximum atomic E-state index is 11.4. The summed E-state index contributed by atoms with van der Waals surface area (Å²) in [5, 5.41) is 30.5. The lowest BCUT2D eigenvalue weighted by Crippen LogP contribution is -2.29. The first-order valence-corrected chi connectivity index (χ1v) is 8.46. The van der Waals surface area contributed by atoms with E-state index in [-0.39, 0.29) is 11.8 Å². The van der Waals surface area contributed by atoms with Gasteiger partial charge in [-0.15, -0.1) is 0 Å². The van der Waals surface area contributed by atoms with Gasteiger partial charge in [-0.1, -0.05) is 20.3 Å². The molecule has 0 aromatic carbocycles. The second-order valence-electron chi connectivity index (χ2n) is 6.58. The number of aliphatic carboxylic acids is 1. The Morgan fingerprint density at radius 1 is 1.41 bits per heavy atom. The molecule has 3 atom stereocenters. The SMILES string of the molecule is CCNCCC(C)CN1CC(CCCB(O)O)C(C(=O)O)C1. The maximum absolute atomic E-state index is 11.4. The van der Waals surface area contributed by atoms with Crippen molar-refractivity contribution in [2.24, 2.45) is 17.8 Å². The van der Waals surface area contributed by atoms with Crippen LogP contribution in [-0.4, -0.2) is 65.9 Å². The molecule has 1 aliphatic heterocycles. The second kappa shape index (κ2) is 10.2. The van der Waals surface area contributed by atoms with Gasteiger partial charge < -0.3 is 25.4 Å². The molecule has 1 saturated heterocycles. The standard InChI is InChI=1S/C15H31BN2O4/c1-3-17-8-6-12(2)9-18-10-13(5-4-7-16(21)22)14(11-18)15(19)20/h12-14,17,21-22H,3-11H2,1-2H3,(H,19,20). The lowest BCUT2D eigenvalue weighted by atomic mass is 9.80. The number of nitrogens with one attached hydrogen (secondary N) is 1. The molecule has 6 nitrogen and oxygen atoms in total. The van der Waals surface area contributed by atoms with E-state index in [1.807, 2.05) is 0 Å². The van der Waals surface area contributed by atoms with Crippen LogP contribution in [-0.2, 0) is 4.79 Å². The molecule has 1 heterocycles. The van der Waals surface area contributed by atoms with Gasteiger partial charge in [-0.2, -0.15) is 0 Å². The molecule has 7 heteroatoms. The van der Waals surface area contributed by atoms with Gasteiger partial charge in [-0.3, -0.25) is 4.79 Å². The molecule has 0 aromatic rings. The highest BCUT2D eigenvalue weighted by molar-refractivity contribution is 6.40. The molecule has 0 aliphatic carbocycles. The predicted molar refractivity (Wildman–Crippen MR) is 87.6 cm³/mol. The second-order valence-corrected chi connectivity index (χ2v) is 6.58. The number of carboxylic acids is 1. The van der Waals surface area contributed by atoms with Gasteiger partial charge in [-0.05, 0) is 44.1 Å². The topological polar surface area (TPSA) is 93.0 Å². The first kappa shape index (κ1) is 19.4. The number of carboxylic acid groups (broad SMARTS) is 1. The smallest absolute Gasteiger partial charge is 0.451 e. The van der Waals surface area contributed by atoms with Crippen LogP contribution in [0.4, 0.5) is 0 Å². The van der Waals surface area contributed by atoms with Crippen molar-refractivity contribution in [3.8, 4) is 0 Å². The molecule has 22 heavy (non-hydrogen) atoms. The summed E-state index contributed by atoms with van der Waals surface area (Å²) in [6.45, 7) is 8.66. The summed E-state index contributed by atoms with van der Waals surface area (Å²) in [6, 6.07) is 0. The Morgan fingerprint density at radius 3 is 2.73 bits per heavy atom. The number of likely N-dealkylation sites (tertiary alicyclic amines) is 1. The van der Waals surface area contributed by atoms with Crippen LogP contribution in [0.3, 0.4) is 0 Å². The number of carbonyl (C=O) groups is 1. The van der Waals surface area contributed by atoms with Crippen LogP contribution in [0.2, 0.25) is 6.32 Å². The predicted octanol–water partition coefficient (Wildman–Crippen LogP) is 0.508. The minimum Gasteiger partial charge on any atom is -0.481 e.